The molecule has 1 N–H and O–H groups in total. The van der Waals surface area contributed by atoms with E-state index in [0.29, 0.717) is 6.42 Å². The van der Waals surface area contributed by atoms with Gasteiger partial charge >= 0.3 is 0 Å². The highest BCUT2D eigenvalue weighted by atomic mass is 32.2. The van der Waals surface area contributed by atoms with E-state index in [1.54, 1.807) is 11.8 Å². The average molecular weight is 276 g/mol. The van der Waals surface area contributed by atoms with E-state index in [1.807, 2.05) is 25.3 Å². The molecular weight excluding hydrogens is 256 g/mol. The van der Waals surface area contributed by atoms with Gasteiger partial charge in [0.2, 0.25) is 5.91 Å². The Bertz CT molecular complexity index is 550. The second-order valence-corrected chi connectivity index (χ2v) is 5.65. The Balaban J connectivity index is 1.90. The molecule has 102 valence electrons. The van der Waals surface area contributed by atoms with E-state index in [1.165, 1.54) is 10.9 Å². The van der Waals surface area contributed by atoms with Crippen molar-refractivity contribution in [2.45, 2.75) is 25.9 Å². The normalized spacial score (nSPS) is 12.5. The van der Waals surface area contributed by atoms with E-state index < -0.39 is 0 Å². The molecule has 2 aromatic rings. The van der Waals surface area contributed by atoms with Gasteiger partial charge in [-0.15, -0.1) is 0 Å². The third kappa shape index (κ3) is 3.77. The number of hydrogen-bond acceptors (Lipinski definition) is 2. The topological polar surface area (TPSA) is 34.0 Å². The molecule has 0 saturated carbocycles. The van der Waals surface area contributed by atoms with Gasteiger partial charge in [-0.05, 0) is 30.7 Å². The van der Waals surface area contributed by atoms with Gasteiger partial charge in [-0.2, -0.15) is 11.8 Å². The van der Waals surface area contributed by atoms with E-state index in [0.717, 1.165) is 12.3 Å². The van der Waals surface area contributed by atoms with Crippen LogP contribution >= 0.6 is 11.8 Å². The molecule has 1 atom stereocenters. The highest BCUT2D eigenvalue weighted by Crippen LogP contribution is 2.15. The first-order chi connectivity index (χ1) is 9.20. The lowest BCUT2D eigenvalue weighted by molar-refractivity contribution is -0.121. The van der Waals surface area contributed by atoms with Crippen LogP contribution in [0.25, 0.3) is 10.9 Å². The van der Waals surface area contributed by atoms with E-state index in [4.69, 9.17) is 0 Å². The first kappa shape index (κ1) is 14.0. The van der Waals surface area contributed by atoms with Gasteiger partial charge in [0.25, 0.3) is 0 Å². The van der Waals surface area contributed by atoms with Gasteiger partial charge in [0.15, 0.2) is 0 Å². The first-order valence-corrected chi connectivity index (χ1v) is 7.92. The van der Waals surface area contributed by atoms with E-state index in [-0.39, 0.29) is 11.9 Å². The summed E-state index contributed by atoms with van der Waals surface area (Å²) in [6.07, 6.45) is 4.62. The maximum Gasteiger partial charge on any atom is 0.222 e. The van der Waals surface area contributed by atoms with Crippen molar-refractivity contribution in [2.24, 2.45) is 0 Å². The Morgan fingerprint density at radius 3 is 2.95 bits per heavy atom. The molecule has 0 fully saturated rings. The Labute approximate surface area is 118 Å². The molecule has 0 unspecified atom stereocenters. The fourth-order valence-corrected chi connectivity index (χ4v) is 2.78. The lowest BCUT2D eigenvalue weighted by Gasteiger charge is -2.12. The van der Waals surface area contributed by atoms with Crippen LogP contribution in [0.1, 0.15) is 13.3 Å². The second-order valence-electron chi connectivity index (χ2n) is 4.74. The van der Waals surface area contributed by atoms with Crippen molar-refractivity contribution in [1.82, 2.24) is 9.88 Å². The molecular formula is C15H20N2OS. The number of carbonyl (C=O) groups excluding carboxylic acids is 1. The Hall–Kier alpha value is -1.42. The maximum atomic E-state index is 11.8. The zero-order valence-electron chi connectivity index (χ0n) is 11.4. The number of amides is 1. The number of benzene rings is 1. The van der Waals surface area contributed by atoms with Crippen LogP contribution in [0.2, 0.25) is 0 Å². The fraction of sp³-hybridized carbons (Fsp3) is 0.400. The molecule has 0 bridgehead atoms. The number of hydrogen-bond donors (Lipinski definition) is 1. The van der Waals surface area contributed by atoms with Crippen LogP contribution in [0.3, 0.4) is 0 Å². The smallest absolute Gasteiger partial charge is 0.222 e. The predicted octanol–water partition coefficient (Wildman–Crippen LogP) is 2.90. The molecule has 4 heteroatoms. The molecule has 0 aliphatic carbocycles. The molecule has 19 heavy (non-hydrogen) atoms. The average Bonchev–Trinajstić information content (AvgIpc) is 2.80. The number of carbonyl (C=O) groups is 1. The van der Waals surface area contributed by atoms with Crippen molar-refractivity contribution in [3.63, 3.8) is 0 Å². The molecule has 0 saturated heterocycles. The van der Waals surface area contributed by atoms with Gasteiger partial charge in [0.05, 0.1) is 0 Å². The molecule has 1 aromatic carbocycles. The number of thioether (sulfide) groups is 1. The van der Waals surface area contributed by atoms with Crippen molar-refractivity contribution in [3.8, 4) is 0 Å². The quantitative estimate of drug-likeness (QED) is 0.880. The van der Waals surface area contributed by atoms with Crippen LogP contribution < -0.4 is 5.32 Å². The van der Waals surface area contributed by atoms with Gasteiger partial charge in [0, 0.05) is 36.5 Å². The number of aryl methyl sites for hydroxylation is 1. The van der Waals surface area contributed by atoms with Crippen molar-refractivity contribution < 1.29 is 4.79 Å². The summed E-state index contributed by atoms with van der Waals surface area (Å²) in [6, 6.07) is 10.6. The van der Waals surface area contributed by atoms with Gasteiger partial charge in [0.1, 0.15) is 0 Å². The van der Waals surface area contributed by atoms with Crippen LogP contribution in [0.4, 0.5) is 0 Å². The summed E-state index contributed by atoms with van der Waals surface area (Å²) in [5.74, 6) is 1.08. The number of nitrogens with zero attached hydrogens (tertiary/aromatic N) is 1. The molecule has 1 heterocycles. The van der Waals surface area contributed by atoms with Crippen molar-refractivity contribution in [1.29, 1.82) is 0 Å². The second kappa shape index (κ2) is 6.66. The lowest BCUT2D eigenvalue weighted by Crippen LogP contribution is -2.34. The monoisotopic (exact) mass is 276 g/mol. The molecule has 1 amide bonds. The maximum absolute atomic E-state index is 11.8. The standard InChI is InChI=1S/C15H20N2OS/c1-12(11-19-2)16-15(18)8-10-17-9-7-13-5-3-4-6-14(13)17/h3-7,9,12H,8,10-11H2,1-2H3,(H,16,18)/t12-/m0/s1. The zero-order chi connectivity index (χ0) is 13.7. The summed E-state index contributed by atoms with van der Waals surface area (Å²) in [5, 5.41) is 4.24. The SMILES string of the molecule is CSC[C@H](C)NC(=O)CCn1ccc2ccccc21. The number of nitrogens with one attached hydrogen (secondary N) is 1. The van der Waals surface area contributed by atoms with Gasteiger partial charge in [-0.25, -0.2) is 0 Å². The lowest BCUT2D eigenvalue weighted by atomic mass is 10.2. The first-order valence-electron chi connectivity index (χ1n) is 6.53. The van der Waals surface area contributed by atoms with Crippen LogP contribution in [0.15, 0.2) is 36.5 Å². The third-order valence-corrected chi connectivity index (χ3v) is 3.92. The Kier molecular flexibility index (Phi) is 4.91. The largest absolute Gasteiger partial charge is 0.353 e. The van der Waals surface area contributed by atoms with E-state index in [9.17, 15) is 4.79 Å². The predicted molar refractivity (Wildman–Crippen MR) is 82.5 cm³/mol. The summed E-state index contributed by atoms with van der Waals surface area (Å²) in [5.41, 5.74) is 1.19. The Morgan fingerprint density at radius 2 is 2.16 bits per heavy atom. The van der Waals surface area contributed by atoms with Crippen LogP contribution in [-0.2, 0) is 11.3 Å². The molecule has 0 aliphatic rings. The van der Waals surface area contributed by atoms with Crippen LogP contribution in [-0.4, -0.2) is 28.5 Å². The Morgan fingerprint density at radius 1 is 1.37 bits per heavy atom. The van der Waals surface area contributed by atoms with Gasteiger partial charge < -0.3 is 9.88 Å². The van der Waals surface area contributed by atoms with Crippen molar-refractivity contribution in [3.05, 3.63) is 36.5 Å². The minimum Gasteiger partial charge on any atom is -0.353 e. The molecule has 1 aromatic heterocycles. The number of rotatable bonds is 6. The fourth-order valence-electron chi connectivity index (χ4n) is 2.20. The highest BCUT2D eigenvalue weighted by molar-refractivity contribution is 7.98. The minimum atomic E-state index is 0.124. The van der Waals surface area contributed by atoms with Crippen molar-refractivity contribution >= 4 is 28.6 Å². The van der Waals surface area contributed by atoms with Crippen molar-refractivity contribution in [2.75, 3.05) is 12.0 Å². The van der Waals surface area contributed by atoms with Crippen LogP contribution in [0, 0.1) is 0 Å². The minimum absolute atomic E-state index is 0.124. The number of fused-ring (bicyclic) bond motifs is 1. The summed E-state index contributed by atoms with van der Waals surface area (Å²) in [7, 11) is 0. The summed E-state index contributed by atoms with van der Waals surface area (Å²) in [4.78, 5) is 11.8. The molecule has 3 nitrogen and oxygen atoms in total. The molecule has 0 radical (unpaired) electrons. The summed E-state index contributed by atoms with van der Waals surface area (Å²) < 4.78 is 2.13. The number of aromatic nitrogens is 1. The van der Waals surface area contributed by atoms with Gasteiger partial charge in [-0.3, -0.25) is 4.79 Å². The zero-order valence-corrected chi connectivity index (χ0v) is 12.2. The molecule has 2 rings (SSSR count). The molecule has 0 spiro atoms. The third-order valence-electron chi connectivity index (χ3n) is 3.08. The van der Waals surface area contributed by atoms with Gasteiger partial charge in [-0.1, -0.05) is 18.2 Å². The summed E-state index contributed by atoms with van der Waals surface area (Å²) in [6.45, 7) is 2.77. The van der Waals surface area contributed by atoms with E-state index >= 15 is 0 Å². The molecule has 0 aliphatic heterocycles. The number of para-hydroxylation sites is 1. The van der Waals surface area contributed by atoms with Crippen LogP contribution in [0.5, 0.6) is 0 Å². The van der Waals surface area contributed by atoms with E-state index in [2.05, 4.69) is 34.3 Å². The highest BCUT2D eigenvalue weighted by Gasteiger charge is 2.07. The summed E-state index contributed by atoms with van der Waals surface area (Å²) >= 11 is 1.75.